The standard InChI is InChI=1S/C20H23N3O5S/c1-13-7-8-14(20(2,3)4)12-16(13)29(25,26)23-17(24)9-10-18-21-19(22-28-18)15-6-5-11-27-15/h5-8,11-12H,9-10H2,1-4H3,(H,23,24). The molecule has 0 fully saturated rings. The van der Waals surface area contributed by atoms with E-state index in [1.807, 2.05) is 26.8 Å². The van der Waals surface area contributed by atoms with Crippen molar-refractivity contribution in [2.45, 2.75) is 50.8 Å². The van der Waals surface area contributed by atoms with Crippen molar-refractivity contribution in [3.63, 3.8) is 0 Å². The van der Waals surface area contributed by atoms with Crippen LogP contribution >= 0.6 is 0 Å². The van der Waals surface area contributed by atoms with Crippen LogP contribution in [0.5, 0.6) is 0 Å². The van der Waals surface area contributed by atoms with Crippen LogP contribution in [0.1, 0.15) is 44.2 Å². The van der Waals surface area contributed by atoms with Crippen molar-refractivity contribution in [2.24, 2.45) is 0 Å². The number of rotatable bonds is 6. The number of carbonyl (C=O) groups is 1. The predicted molar refractivity (Wildman–Crippen MR) is 106 cm³/mol. The van der Waals surface area contributed by atoms with Gasteiger partial charge in [0.15, 0.2) is 5.76 Å². The summed E-state index contributed by atoms with van der Waals surface area (Å²) in [5, 5.41) is 3.77. The van der Waals surface area contributed by atoms with Gasteiger partial charge < -0.3 is 8.94 Å². The fraction of sp³-hybridized carbons (Fsp3) is 0.350. The normalized spacial score (nSPS) is 12.1. The van der Waals surface area contributed by atoms with Gasteiger partial charge in [-0.1, -0.05) is 38.1 Å². The molecule has 0 bridgehead atoms. The van der Waals surface area contributed by atoms with Crippen molar-refractivity contribution in [1.29, 1.82) is 0 Å². The highest BCUT2D eigenvalue weighted by Crippen LogP contribution is 2.26. The van der Waals surface area contributed by atoms with Crippen molar-refractivity contribution in [3.8, 4) is 11.6 Å². The van der Waals surface area contributed by atoms with Crippen LogP contribution in [0.25, 0.3) is 11.6 Å². The Kier molecular flexibility index (Phi) is 5.61. The molecule has 0 unspecified atom stereocenters. The molecule has 9 heteroatoms. The van der Waals surface area contributed by atoms with E-state index in [1.165, 1.54) is 6.26 Å². The lowest BCUT2D eigenvalue weighted by Gasteiger charge is -2.20. The molecule has 154 valence electrons. The first-order valence-electron chi connectivity index (χ1n) is 9.09. The molecule has 0 aliphatic rings. The van der Waals surface area contributed by atoms with E-state index in [0.717, 1.165) is 5.56 Å². The van der Waals surface area contributed by atoms with Crippen molar-refractivity contribution in [1.82, 2.24) is 14.9 Å². The van der Waals surface area contributed by atoms with Gasteiger partial charge in [0.1, 0.15) is 0 Å². The fourth-order valence-electron chi connectivity index (χ4n) is 2.69. The lowest BCUT2D eigenvalue weighted by Crippen LogP contribution is -2.31. The number of carbonyl (C=O) groups excluding carboxylic acids is 1. The Balaban J connectivity index is 1.67. The van der Waals surface area contributed by atoms with Gasteiger partial charge in [-0.05, 0) is 41.7 Å². The van der Waals surface area contributed by atoms with Gasteiger partial charge in [0.2, 0.25) is 17.6 Å². The second kappa shape index (κ2) is 7.82. The maximum atomic E-state index is 12.7. The smallest absolute Gasteiger partial charge is 0.264 e. The number of hydrogen-bond acceptors (Lipinski definition) is 7. The molecule has 29 heavy (non-hydrogen) atoms. The van der Waals surface area contributed by atoms with Gasteiger partial charge in [0, 0.05) is 12.8 Å². The third-order valence-corrected chi connectivity index (χ3v) is 5.88. The number of furan rings is 1. The quantitative estimate of drug-likeness (QED) is 0.654. The van der Waals surface area contributed by atoms with E-state index >= 15 is 0 Å². The summed E-state index contributed by atoms with van der Waals surface area (Å²) in [4.78, 5) is 16.5. The van der Waals surface area contributed by atoms with Gasteiger partial charge in [-0.3, -0.25) is 4.79 Å². The molecule has 0 aliphatic carbocycles. The summed E-state index contributed by atoms with van der Waals surface area (Å²) in [6.07, 6.45) is 1.48. The molecule has 1 N–H and O–H groups in total. The first kappa shape index (κ1) is 20.8. The minimum Gasteiger partial charge on any atom is -0.461 e. The van der Waals surface area contributed by atoms with E-state index in [1.54, 1.807) is 31.2 Å². The van der Waals surface area contributed by atoms with E-state index in [0.29, 0.717) is 11.3 Å². The van der Waals surface area contributed by atoms with Crippen LogP contribution in [0, 0.1) is 6.92 Å². The average molecular weight is 417 g/mol. The van der Waals surface area contributed by atoms with E-state index in [4.69, 9.17) is 8.94 Å². The van der Waals surface area contributed by atoms with Gasteiger partial charge in [-0.2, -0.15) is 4.98 Å². The number of nitrogens with zero attached hydrogens (tertiary/aromatic N) is 2. The zero-order valence-corrected chi connectivity index (χ0v) is 17.5. The zero-order valence-electron chi connectivity index (χ0n) is 16.7. The van der Waals surface area contributed by atoms with Crippen molar-refractivity contribution in [3.05, 3.63) is 53.6 Å². The first-order valence-corrected chi connectivity index (χ1v) is 10.6. The Hall–Kier alpha value is -2.94. The molecule has 0 atom stereocenters. The third-order valence-electron chi connectivity index (χ3n) is 4.37. The van der Waals surface area contributed by atoms with Crippen molar-refractivity contribution < 1.29 is 22.2 Å². The number of sulfonamides is 1. The first-order chi connectivity index (χ1) is 13.6. The highest BCUT2D eigenvalue weighted by molar-refractivity contribution is 7.90. The number of nitrogens with one attached hydrogen (secondary N) is 1. The third kappa shape index (κ3) is 4.92. The molecule has 0 saturated carbocycles. The predicted octanol–water partition coefficient (Wildman–Crippen LogP) is 3.37. The van der Waals surface area contributed by atoms with Gasteiger partial charge in [0.25, 0.3) is 10.0 Å². The van der Waals surface area contributed by atoms with Crippen LogP contribution in [-0.2, 0) is 26.7 Å². The molecule has 8 nitrogen and oxygen atoms in total. The second-order valence-electron chi connectivity index (χ2n) is 7.75. The second-order valence-corrected chi connectivity index (χ2v) is 9.40. The highest BCUT2D eigenvalue weighted by atomic mass is 32.2. The van der Waals surface area contributed by atoms with Crippen LogP contribution in [-0.4, -0.2) is 24.5 Å². The molecule has 3 rings (SSSR count). The molecule has 3 aromatic rings. The molecule has 2 heterocycles. The Labute approximate surface area is 169 Å². The van der Waals surface area contributed by atoms with E-state index in [2.05, 4.69) is 14.9 Å². The summed E-state index contributed by atoms with van der Waals surface area (Å²) in [5.41, 5.74) is 1.22. The Morgan fingerprint density at radius 3 is 2.62 bits per heavy atom. The Bertz CT molecular complexity index is 1110. The summed E-state index contributed by atoms with van der Waals surface area (Å²) in [5.74, 6) is 0.284. The fourth-order valence-corrected chi connectivity index (χ4v) is 3.98. The van der Waals surface area contributed by atoms with Crippen LogP contribution in [0.3, 0.4) is 0 Å². The van der Waals surface area contributed by atoms with Crippen LogP contribution in [0.2, 0.25) is 0 Å². The minimum atomic E-state index is -3.99. The minimum absolute atomic E-state index is 0.0937. The van der Waals surface area contributed by atoms with Gasteiger partial charge in [-0.25, -0.2) is 13.1 Å². The largest absolute Gasteiger partial charge is 0.461 e. The maximum absolute atomic E-state index is 12.7. The monoisotopic (exact) mass is 417 g/mol. The SMILES string of the molecule is Cc1ccc(C(C)(C)C)cc1S(=O)(=O)NC(=O)CCc1nc(-c2ccco2)no1. The lowest BCUT2D eigenvalue weighted by molar-refractivity contribution is -0.119. The number of aromatic nitrogens is 2. The topological polar surface area (TPSA) is 115 Å². The van der Waals surface area contributed by atoms with Gasteiger partial charge in [0.05, 0.1) is 11.2 Å². The molecule has 2 aromatic heterocycles. The van der Waals surface area contributed by atoms with E-state index < -0.39 is 15.9 Å². The summed E-state index contributed by atoms with van der Waals surface area (Å²) >= 11 is 0. The van der Waals surface area contributed by atoms with Gasteiger partial charge >= 0.3 is 0 Å². The Morgan fingerprint density at radius 1 is 1.21 bits per heavy atom. The number of aryl methyl sites for hydroxylation is 2. The maximum Gasteiger partial charge on any atom is 0.264 e. The summed E-state index contributed by atoms with van der Waals surface area (Å²) in [6.45, 7) is 7.68. The Morgan fingerprint density at radius 2 is 1.97 bits per heavy atom. The molecule has 0 radical (unpaired) electrons. The molecular weight excluding hydrogens is 394 g/mol. The zero-order chi connectivity index (χ0) is 21.2. The lowest BCUT2D eigenvalue weighted by atomic mass is 9.87. The van der Waals surface area contributed by atoms with Crippen LogP contribution in [0.15, 0.2) is 50.4 Å². The molecule has 0 saturated heterocycles. The summed E-state index contributed by atoms with van der Waals surface area (Å²) in [7, 11) is -3.99. The van der Waals surface area contributed by atoms with Crippen LogP contribution in [0.4, 0.5) is 0 Å². The van der Waals surface area contributed by atoms with Crippen LogP contribution < -0.4 is 4.72 Å². The summed E-state index contributed by atoms with van der Waals surface area (Å²) < 4.78 is 37.8. The number of benzene rings is 1. The molecule has 0 aliphatic heterocycles. The van der Waals surface area contributed by atoms with Gasteiger partial charge in [-0.15, -0.1) is 0 Å². The van der Waals surface area contributed by atoms with Crippen molar-refractivity contribution >= 4 is 15.9 Å². The van der Waals surface area contributed by atoms with E-state index in [9.17, 15) is 13.2 Å². The molecular formula is C20H23N3O5S. The van der Waals surface area contributed by atoms with E-state index in [-0.39, 0.29) is 34.9 Å². The van der Waals surface area contributed by atoms with Crippen molar-refractivity contribution in [2.75, 3.05) is 0 Å². The number of amides is 1. The molecule has 1 amide bonds. The summed E-state index contributed by atoms with van der Waals surface area (Å²) in [6, 6.07) is 8.62. The highest BCUT2D eigenvalue weighted by Gasteiger charge is 2.23. The average Bonchev–Trinajstić information content (AvgIpc) is 3.30. The molecule has 1 aromatic carbocycles. The molecule has 0 spiro atoms. The number of hydrogen-bond donors (Lipinski definition) is 1.